The lowest BCUT2D eigenvalue weighted by Gasteiger charge is -2.08. The third kappa shape index (κ3) is 3.61. The van der Waals surface area contributed by atoms with Crippen molar-refractivity contribution in [3.8, 4) is 0 Å². The molecule has 0 aliphatic carbocycles. The summed E-state index contributed by atoms with van der Waals surface area (Å²) >= 11 is 0. The fraction of sp³-hybridized carbons (Fsp3) is 0.222. The van der Waals surface area contributed by atoms with Crippen LogP contribution in [0.4, 0.5) is 14.5 Å². The highest BCUT2D eigenvalue weighted by atomic mass is 19.1. The van der Waals surface area contributed by atoms with Gasteiger partial charge in [-0.15, -0.1) is 0 Å². The van der Waals surface area contributed by atoms with Crippen LogP contribution < -0.4 is 10.9 Å². The Labute approximate surface area is 156 Å². The Hall–Kier alpha value is -3.56. The van der Waals surface area contributed by atoms with Gasteiger partial charge in [-0.3, -0.25) is 14.2 Å². The zero-order chi connectivity index (χ0) is 20.4. The molecule has 1 amide bonds. The van der Waals surface area contributed by atoms with Gasteiger partial charge in [0, 0.05) is 6.07 Å². The summed E-state index contributed by atoms with van der Waals surface area (Å²) in [6, 6.07) is 2.67. The molecule has 1 aromatic carbocycles. The quantitative estimate of drug-likeness (QED) is 0.670. The van der Waals surface area contributed by atoms with Crippen LogP contribution in [0.5, 0.6) is 0 Å². The summed E-state index contributed by atoms with van der Waals surface area (Å²) in [4.78, 5) is 40.9. The number of hydrogen-bond donors (Lipinski definition) is 1. The second-order valence-electron chi connectivity index (χ2n) is 5.78. The maximum atomic E-state index is 13.7. The van der Waals surface area contributed by atoms with E-state index >= 15 is 0 Å². The number of benzene rings is 1. The van der Waals surface area contributed by atoms with Gasteiger partial charge < -0.3 is 14.5 Å². The van der Waals surface area contributed by atoms with E-state index in [2.05, 4.69) is 10.3 Å². The summed E-state index contributed by atoms with van der Waals surface area (Å²) in [7, 11) is 0. The second-order valence-corrected chi connectivity index (χ2v) is 5.78. The minimum atomic E-state index is -0.954. The molecule has 0 bridgehead atoms. The monoisotopic (exact) mass is 391 g/mol. The topological polar surface area (TPSA) is 103 Å². The van der Waals surface area contributed by atoms with Gasteiger partial charge in [0.2, 0.25) is 11.6 Å². The van der Waals surface area contributed by atoms with Gasteiger partial charge in [0.25, 0.3) is 5.56 Å². The number of ether oxygens (including phenoxy) is 1. The summed E-state index contributed by atoms with van der Waals surface area (Å²) in [6.07, 6.45) is 1.07. The smallest absolute Gasteiger partial charge is 0.342 e. The van der Waals surface area contributed by atoms with E-state index < -0.39 is 35.6 Å². The van der Waals surface area contributed by atoms with Crippen molar-refractivity contribution in [2.75, 3.05) is 11.9 Å². The number of nitrogens with one attached hydrogen (secondary N) is 1. The van der Waals surface area contributed by atoms with Crippen molar-refractivity contribution in [2.45, 2.75) is 20.4 Å². The van der Waals surface area contributed by atoms with E-state index in [9.17, 15) is 23.2 Å². The van der Waals surface area contributed by atoms with Crippen LogP contribution in [-0.4, -0.2) is 28.0 Å². The average molecular weight is 391 g/mol. The molecule has 0 atom stereocenters. The van der Waals surface area contributed by atoms with Crippen molar-refractivity contribution in [3.05, 3.63) is 57.8 Å². The molecule has 3 aromatic rings. The lowest BCUT2D eigenvalue weighted by Crippen LogP contribution is -2.28. The third-order valence-electron chi connectivity index (χ3n) is 3.85. The van der Waals surface area contributed by atoms with Gasteiger partial charge in [-0.05, 0) is 26.0 Å². The van der Waals surface area contributed by atoms with E-state index in [0.29, 0.717) is 6.07 Å². The molecule has 2 aromatic heterocycles. The molecule has 0 fully saturated rings. The van der Waals surface area contributed by atoms with E-state index in [1.165, 1.54) is 6.92 Å². The van der Waals surface area contributed by atoms with Crippen LogP contribution in [0.25, 0.3) is 11.1 Å². The van der Waals surface area contributed by atoms with Gasteiger partial charge in [0.05, 0.1) is 12.3 Å². The molecule has 0 radical (unpaired) electrons. The van der Waals surface area contributed by atoms with Crippen molar-refractivity contribution in [2.24, 2.45) is 0 Å². The lowest BCUT2D eigenvalue weighted by molar-refractivity contribution is -0.116. The number of nitrogens with zero attached hydrogens (tertiary/aromatic N) is 2. The number of hydrogen-bond acceptors (Lipinski definition) is 6. The maximum Gasteiger partial charge on any atom is 0.342 e. The Bertz CT molecular complexity index is 1140. The van der Waals surface area contributed by atoms with Gasteiger partial charge >= 0.3 is 5.97 Å². The minimum absolute atomic E-state index is 0.0614. The van der Waals surface area contributed by atoms with Gasteiger partial charge in [0.1, 0.15) is 41.2 Å². The number of anilines is 1. The minimum Gasteiger partial charge on any atom is -0.462 e. The lowest BCUT2D eigenvalue weighted by atomic mass is 10.2. The highest BCUT2D eigenvalue weighted by molar-refractivity contribution is 6.03. The number of rotatable bonds is 5. The molecule has 10 heteroatoms. The van der Waals surface area contributed by atoms with Crippen molar-refractivity contribution in [1.82, 2.24) is 9.55 Å². The van der Waals surface area contributed by atoms with E-state index in [1.54, 1.807) is 6.92 Å². The Morgan fingerprint density at radius 1 is 1.32 bits per heavy atom. The highest BCUT2D eigenvalue weighted by Gasteiger charge is 2.24. The van der Waals surface area contributed by atoms with Gasteiger partial charge in [-0.25, -0.2) is 18.6 Å². The summed E-state index contributed by atoms with van der Waals surface area (Å²) in [6.45, 7) is 2.70. The fourth-order valence-corrected chi connectivity index (χ4v) is 2.63. The summed E-state index contributed by atoms with van der Waals surface area (Å²) in [5.41, 5.74) is -1.06. The SMILES string of the molecule is CCOC(=O)c1c(C)oc2ncn(CC(=O)Nc3ccc(F)cc3F)c(=O)c12. The number of aromatic nitrogens is 2. The van der Waals surface area contributed by atoms with E-state index in [4.69, 9.17) is 9.15 Å². The Kier molecular flexibility index (Phi) is 5.21. The van der Waals surface area contributed by atoms with Crippen molar-refractivity contribution in [3.63, 3.8) is 0 Å². The van der Waals surface area contributed by atoms with Crippen molar-refractivity contribution < 1.29 is 27.5 Å². The first-order valence-corrected chi connectivity index (χ1v) is 8.22. The number of carbonyl (C=O) groups excluding carboxylic acids is 2. The molecular weight excluding hydrogens is 376 g/mol. The van der Waals surface area contributed by atoms with Crippen LogP contribution in [0, 0.1) is 18.6 Å². The highest BCUT2D eigenvalue weighted by Crippen LogP contribution is 2.22. The predicted molar refractivity (Wildman–Crippen MR) is 94.0 cm³/mol. The van der Waals surface area contributed by atoms with Crippen molar-refractivity contribution in [1.29, 1.82) is 0 Å². The fourth-order valence-electron chi connectivity index (χ4n) is 2.63. The van der Waals surface area contributed by atoms with E-state index in [-0.39, 0.29) is 34.7 Å². The van der Waals surface area contributed by atoms with E-state index in [1.807, 2.05) is 0 Å². The van der Waals surface area contributed by atoms with Crippen LogP contribution >= 0.6 is 0 Å². The molecule has 0 saturated heterocycles. The van der Waals surface area contributed by atoms with Gasteiger partial charge in [-0.1, -0.05) is 0 Å². The number of fused-ring (bicyclic) bond motifs is 1. The first-order chi connectivity index (χ1) is 13.3. The average Bonchev–Trinajstić information content (AvgIpc) is 2.97. The molecule has 1 N–H and O–H groups in total. The molecule has 0 aliphatic heterocycles. The third-order valence-corrected chi connectivity index (χ3v) is 3.85. The summed E-state index contributed by atoms with van der Waals surface area (Å²) < 4.78 is 37.8. The Morgan fingerprint density at radius 3 is 2.75 bits per heavy atom. The first-order valence-electron chi connectivity index (χ1n) is 8.22. The molecule has 0 saturated carbocycles. The normalized spacial score (nSPS) is 10.9. The Morgan fingerprint density at radius 2 is 2.07 bits per heavy atom. The zero-order valence-corrected chi connectivity index (χ0v) is 14.9. The van der Waals surface area contributed by atoms with Crippen LogP contribution in [0.3, 0.4) is 0 Å². The number of aryl methyl sites for hydroxylation is 1. The van der Waals surface area contributed by atoms with E-state index in [0.717, 1.165) is 23.0 Å². The summed E-state index contributed by atoms with van der Waals surface area (Å²) in [5.74, 6) is -3.07. The number of esters is 1. The molecule has 2 heterocycles. The Balaban J connectivity index is 1.92. The van der Waals surface area contributed by atoms with Crippen LogP contribution in [0.2, 0.25) is 0 Å². The molecule has 3 rings (SSSR count). The largest absolute Gasteiger partial charge is 0.462 e. The van der Waals surface area contributed by atoms with Gasteiger partial charge in [-0.2, -0.15) is 0 Å². The number of furan rings is 1. The van der Waals surface area contributed by atoms with Crippen LogP contribution in [-0.2, 0) is 16.1 Å². The standard InChI is InChI=1S/C18H15F2N3O5/c1-3-27-18(26)14-9(2)28-16-15(14)17(25)23(8-21-16)7-13(24)22-12-5-4-10(19)6-11(12)20/h4-6,8H,3,7H2,1-2H3,(H,22,24). The molecule has 0 aliphatic rings. The number of halogens is 2. The molecular formula is C18H15F2N3O5. The number of amides is 1. The molecule has 146 valence electrons. The first kappa shape index (κ1) is 19.2. The molecule has 28 heavy (non-hydrogen) atoms. The molecule has 0 spiro atoms. The molecule has 0 unspecified atom stereocenters. The van der Waals surface area contributed by atoms with Gasteiger partial charge in [0.15, 0.2) is 0 Å². The zero-order valence-electron chi connectivity index (χ0n) is 14.9. The molecule has 8 nitrogen and oxygen atoms in total. The maximum absolute atomic E-state index is 13.7. The van der Waals surface area contributed by atoms with Crippen LogP contribution in [0.1, 0.15) is 23.0 Å². The second kappa shape index (κ2) is 7.59. The van der Waals surface area contributed by atoms with Crippen LogP contribution in [0.15, 0.2) is 33.7 Å². The number of carbonyl (C=O) groups is 2. The van der Waals surface area contributed by atoms with Crippen molar-refractivity contribution >= 4 is 28.7 Å². The summed E-state index contributed by atoms with van der Waals surface area (Å²) in [5, 5.41) is 2.13. The predicted octanol–water partition coefficient (Wildman–Crippen LogP) is 2.39.